The van der Waals surface area contributed by atoms with Gasteiger partial charge in [-0.2, -0.15) is 5.10 Å². The number of rotatable bonds is 4. The molecule has 0 aromatic carbocycles. The van der Waals surface area contributed by atoms with Crippen LogP contribution in [0.15, 0.2) is 30.7 Å². The van der Waals surface area contributed by atoms with Crippen molar-refractivity contribution in [1.82, 2.24) is 14.8 Å². The normalized spacial score (nSPS) is 10.6. The highest BCUT2D eigenvalue weighted by atomic mass is 16.2. The van der Waals surface area contributed by atoms with Gasteiger partial charge in [-0.1, -0.05) is 0 Å². The summed E-state index contributed by atoms with van der Waals surface area (Å²) >= 11 is 0. The largest absolute Gasteiger partial charge is 0.396 e. The number of hydrogen-bond donors (Lipinski definition) is 1. The zero-order valence-corrected chi connectivity index (χ0v) is 9.30. The van der Waals surface area contributed by atoms with Crippen LogP contribution in [0, 0.1) is 0 Å². The summed E-state index contributed by atoms with van der Waals surface area (Å²) in [4.78, 5) is 4.09. The molecule has 1 N–H and O–H groups in total. The molecule has 2 aromatic heterocycles. The van der Waals surface area contributed by atoms with E-state index in [0.29, 0.717) is 6.42 Å². The zero-order valence-electron chi connectivity index (χ0n) is 9.30. The predicted molar refractivity (Wildman–Crippen MR) is 61.9 cm³/mol. The minimum absolute atomic E-state index is 0.142. The van der Waals surface area contributed by atoms with E-state index >= 15 is 0 Å². The van der Waals surface area contributed by atoms with Crippen LogP contribution in [-0.2, 0) is 13.0 Å². The fourth-order valence-corrected chi connectivity index (χ4v) is 1.67. The van der Waals surface area contributed by atoms with Crippen LogP contribution in [0.1, 0.15) is 12.5 Å². The molecule has 0 aliphatic heterocycles. The number of aryl methyl sites for hydroxylation is 1. The lowest BCUT2D eigenvalue weighted by atomic mass is 10.1. The van der Waals surface area contributed by atoms with E-state index in [0.717, 1.165) is 23.4 Å². The van der Waals surface area contributed by atoms with E-state index in [1.165, 1.54) is 0 Å². The smallest absolute Gasteiger partial charge is 0.0971 e. The fraction of sp³-hybridized carbons (Fsp3) is 0.333. The number of nitrogens with zero attached hydrogens (tertiary/aromatic N) is 3. The maximum Gasteiger partial charge on any atom is 0.0971 e. The van der Waals surface area contributed by atoms with Crippen molar-refractivity contribution in [3.63, 3.8) is 0 Å². The van der Waals surface area contributed by atoms with Gasteiger partial charge in [0.2, 0.25) is 0 Å². The second-order valence-corrected chi connectivity index (χ2v) is 3.57. The van der Waals surface area contributed by atoms with Gasteiger partial charge in [0.25, 0.3) is 0 Å². The number of aromatic nitrogens is 3. The van der Waals surface area contributed by atoms with Crippen molar-refractivity contribution < 1.29 is 5.11 Å². The Hall–Kier alpha value is -1.68. The van der Waals surface area contributed by atoms with Crippen LogP contribution in [-0.4, -0.2) is 26.5 Å². The first-order valence-electron chi connectivity index (χ1n) is 5.42. The Bertz CT molecular complexity index is 451. The summed E-state index contributed by atoms with van der Waals surface area (Å²) in [7, 11) is 0. The van der Waals surface area contributed by atoms with Crippen molar-refractivity contribution in [3.8, 4) is 11.3 Å². The monoisotopic (exact) mass is 217 g/mol. The number of pyridine rings is 1. The van der Waals surface area contributed by atoms with Crippen molar-refractivity contribution in [3.05, 3.63) is 36.3 Å². The van der Waals surface area contributed by atoms with Gasteiger partial charge < -0.3 is 5.11 Å². The molecule has 2 heterocycles. The topological polar surface area (TPSA) is 50.9 Å². The standard InChI is InChI=1S/C12H15N3O/c1-2-15-9-11(5-7-16)12(14-15)10-4-3-6-13-8-10/h3-4,6,8-9,16H,2,5,7H2,1H3. The van der Waals surface area contributed by atoms with E-state index in [9.17, 15) is 0 Å². The van der Waals surface area contributed by atoms with Gasteiger partial charge in [0.15, 0.2) is 0 Å². The van der Waals surface area contributed by atoms with Gasteiger partial charge >= 0.3 is 0 Å². The van der Waals surface area contributed by atoms with E-state index in [4.69, 9.17) is 5.11 Å². The Balaban J connectivity index is 2.42. The molecule has 2 rings (SSSR count). The minimum Gasteiger partial charge on any atom is -0.396 e. The SMILES string of the molecule is CCn1cc(CCO)c(-c2cccnc2)n1. The van der Waals surface area contributed by atoms with Crippen molar-refractivity contribution in [2.75, 3.05) is 6.61 Å². The van der Waals surface area contributed by atoms with E-state index in [-0.39, 0.29) is 6.61 Å². The van der Waals surface area contributed by atoms with E-state index in [1.54, 1.807) is 12.4 Å². The van der Waals surface area contributed by atoms with Crippen molar-refractivity contribution in [2.45, 2.75) is 19.9 Å². The molecule has 0 saturated carbocycles. The highest BCUT2D eigenvalue weighted by Gasteiger charge is 2.09. The highest BCUT2D eigenvalue weighted by Crippen LogP contribution is 2.21. The van der Waals surface area contributed by atoms with E-state index in [2.05, 4.69) is 10.1 Å². The molecule has 0 unspecified atom stereocenters. The second-order valence-electron chi connectivity index (χ2n) is 3.57. The third-order valence-electron chi connectivity index (χ3n) is 2.48. The maximum atomic E-state index is 9.02. The Morgan fingerprint density at radius 1 is 1.44 bits per heavy atom. The first-order chi connectivity index (χ1) is 7.85. The first-order valence-corrected chi connectivity index (χ1v) is 5.42. The molecule has 0 spiro atoms. The fourth-order valence-electron chi connectivity index (χ4n) is 1.67. The molecule has 0 aliphatic carbocycles. The average molecular weight is 217 g/mol. The summed E-state index contributed by atoms with van der Waals surface area (Å²) < 4.78 is 1.88. The Morgan fingerprint density at radius 2 is 2.31 bits per heavy atom. The molecule has 16 heavy (non-hydrogen) atoms. The van der Waals surface area contributed by atoms with Gasteiger partial charge in [-0.3, -0.25) is 9.67 Å². The minimum atomic E-state index is 0.142. The van der Waals surface area contributed by atoms with Gasteiger partial charge in [-0.15, -0.1) is 0 Å². The van der Waals surface area contributed by atoms with Crippen LogP contribution in [0.2, 0.25) is 0 Å². The Labute approximate surface area is 94.6 Å². The summed E-state index contributed by atoms with van der Waals surface area (Å²) in [6.45, 7) is 3.02. The average Bonchev–Trinajstić information content (AvgIpc) is 2.74. The molecular formula is C12H15N3O. The van der Waals surface area contributed by atoms with Gasteiger partial charge in [0.1, 0.15) is 0 Å². The second kappa shape index (κ2) is 4.90. The molecule has 0 bridgehead atoms. The van der Waals surface area contributed by atoms with Crippen molar-refractivity contribution in [1.29, 1.82) is 0 Å². The van der Waals surface area contributed by atoms with Crippen LogP contribution in [0.25, 0.3) is 11.3 Å². The highest BCUT2D eigenvalue weighted by molar-refractivity contribution is 5.61. The number of aliphatic hydroxyl groups excluding tert-OH is 1. The van der Waals surface area contributed by atoms with Crippen LogP contribution >= 0.6 is 0 Å². The molecule has 4 nitrogen and oxygen atoms in total. The van der Waals surface area contributed by atoms with Gasteiger partial charge in [-0.25, -0.2) is 0 Å². The van der Waals surface area contributed by atoms with Gasteiger partial charge in [0, 0.05) is 42.9 Å². The molecule has 0 atom stereocenters. The van der Waals surface area contributed by atoms with Crippen LogP contribution in [0.5, 0.6) is 0 Å². The molecule has 0 amide bonds. The van der Waals surface area contributed by atoms with Crippen LogP contribution in [0.4, 0.5) is 0 Å². The van der Waals surface area contributed by atoms with E-state index < -0.39 is 0 Å². The van der Waals surface area contributed by atoms with Crippen molar-refractivity contribution >= 4 is 0 Å². The molecule has 0 saturated heterocycles. The Kier molecular flexibility index (Phi) is 3.31. The summed E-state index contributed by atoms with van der Waals surface area (Å²) in [6, 6.07) is 3.87. The molecular weight excluding hydrogens is 202 g/mol. The third kappa shape index (κ3) is 2.12. The lowest BCUT2D eigenvalue weighted by Gasteiger charge is -1.99. The van der Waals surface area contributed by atoms with Crippen LogP contribution < -0.4 is 0 Å². The molecule has 2 aromatic rings. The predicted octanol–water partition coefficient (Wildman–Crippen LogP) is 1.50. The van der Waals surface area contributed by atoms with Crippen molar-refractivity contribution in [2.24, 2.45) is 0 Å². The summed E-state index contributed by atoms with van der Waals surface area (Å²) in [5, 5.41) is 13.5. The molecule has 4 heteroatoms. The lowest BCUT2D eigenvalue weighted by molar-refractivity contribution is 0.299. The van der Waals surface area contributed by atoms with E-state index in [1.807, 2.05) is 29.9 Å². The maximum absolute atomic E-state index is 9.02. The molecule has 0 fully saturated rings. The Morgan fingerprint density at radius 3 is 2.94 bits per heavy atom. The first kappa shape index (κ1) is 10.8. The number of hydrogen-bond acceptors (Lipinski definition) is 3. The lowest BCUT2D eigenvalue weighted by Crippen LogP contribution is -1.93. The van der Waals surface area contributed by atoms with Gasteiger partial charge in [-0.05, 0) is 25.5 Å². The quantitative estimate of drug-likeness (QED) is 0.844. The summed E-state index contributed by atoms with van der Waals surface area (Å²) in [5.74, 6) is 0. The van der Waals surface area contributed by atoms with Crippen LogP contribution in [0.3, 0.4) is 0 Å². The molecule has 0 aliphatic rings. The molecule has 0 radical (unpaired) electrons. The zero-order chi connectivity index (χ0) is 11.4. The van der Waals surface area contributed by atoms with Gasteiger partial charge in [0.05, 0.1) is 5.69 Å². The summed E-state index contributed by atoms with van der Waals surface area (Å²) in [6.07, 6.45) is 6.15. The third-order valence-corrected chi connectivity index (χ3v) is 2.48. The molecule has 84 valence electrons. The summed E-state index contributed by atoms with van der Waals surface area (Å²) in [5.41, 5.74) is 2.99. The number of aliphatic hydroxyl groups is 1.